The van der Waals surface area contributed by atoms with Gasteiger partial charge in [0.25, 0.3) is 0 Å². The quantitative estimate of drug-likeness (QED) is 0.348. The molecule has 3 aromatic carbocycles. The molecule has 0 heterocycles. The van der Waals surface area contributed by atoms with Gasteiger partial charge in [-0.3, -0.25) is 9.69 Å². The summed E-state index contributed by atoms with van der Waals surface area (Å²) < 4.78 is 5.70. The largest absolute Gasteiger partial charge is 0.480 e. The summed E-state index contributed by atoms with van der Waals surface area (Å²) in [5.74, 6) is -1.69. The number of benzene rings is 3. The smallest absolute Gasteiger partial charge is 0.407 e. The predicted molar refractivity (Wildman–Crippen MR) is 152 cm³/mol. The molecular formula is C32H35N3O5. The number of alkyl carbamates (subject to hydrolysis) is 1. The van der Waals surface area contributed by atoms with Gasteiger partial charge in [-0.05, 0) is 47.7 Å². The van der Waals surface area contributed by atoms with Crippen LogP contribution in [0.4, 0.5) is 4.79 Å². The standard InChI is InChI=1S/C32H35N3O5/c1-35(19-22-11-3-2-4-12-22)20-28(29(36)34-32(30(37)38)17-9-10-18-32)33-31(39)40-21-27-25-15-7-5-13-23(25)24-14-6-8-16-26(24)27/h2-8,11-16,27-28H,9-10,17-21H2,1H3,(H,33,39)(H,34,36)(H,37,38). The molecule has 1 saturated carbocycles. The van der Waals surface area contributed by atoms with Crippen molar-refractivity contribution in [3.8, 4) is 11.1 Å². The van der Waals surface area contributed by atoms with Crippen LogP contribution in [0.5, 0.6) is 0 Å². The van der Waals surface area contributed by atoms with E-state index in [4.69, 9.17) is 4.74 Å². The number of amides is 2. The third kappa shape index (κ3) is 5.87. The van der Waals surface area contributed by atoms with Crippen molar-refractivity contribution in [2.75, 3.05) is 20.2 Å². The lowest BCUT2D eigenvalue weighted by Gasteiger charge is -2.30. The lowest BCUT2D eigenvalue weighted by molar-refractivity contribution is -0.147. The number of carboxylic acids is 1. The molecule has 3 N–H and O–H groups in total. The van der Waals surface area contributed by atoms with Gasteiger partial charge in [0.1, 0.15) is 18.2 Å². The Morgan fingerprint density at radius 2 is 1.50 bits per heavy atom. The van der Waals surface area contributed by atoms with Gasteiger partial charge in [-0.1, -0.05) is 91.7 Å². The Bertz CT molecular complexity index is 1320. The first-order valence-electron chi connectivity index (χ1n) is 13.8. The van der Waals surface area contributed by atoms with Gasteiger partial charge in [0.2, 0.25) is 5.91 Å². The first kappa shape index (κ1) is 27.4. The second-order valence-electron chi connectivity index (χ2n) is 10.8. The van der Waals surface area contributed by atoms with E-state index in [0.29, 0.717) is 19.4 Å². The fourth-order valence-electron chi connectivity index (χ4n) is 5.94. The fraction of sp³-hybridized carbons (Fsp3) is 0.344. The molecular weight excluding hydrogens is 506 g/mol. The van der Waals surface area contributed by atoms with Crippen LogP contribution >= 0.6 is 0 Å². The number of aliphatic carboxylic acids is 1. The van der Waals surface area contributed by atoms with Gasteiger partial charge in [0.05, 0.1) is 0 Å². The molecule has 2 aliphatic rings. The van der Waals surface area contributed by atoms with E-state index >= 15 is 0 Å². The minimum absolute atomic E-state index is 0.111. The molecule has 8 nitrogen and oxygen atoms in total. The number of hydrogen-bond donors (Lipinski definition) is 3. The molecule has 0 aromatic heterocycles. The highest BCUT2D eigenvalue weighted by molar-refractivity contribution is 5.91. The molecule has 1 atom stereocenters. The molecule has 208 valence electrons. The number of rotatable bonds is 10. The number of hydrogen-bond acceptors (Lipinski definition) is 5. The van der Waals surface area contributed by atoms with E-state index in [9.17, 15) is 19.5 Å². The van der Waals surface area contributed by atoms with Crippen LogP contribution < -0.4 is 10.6 Å². The molecule has 40 heavy (non-hydrogen) atoms. The zero-order valence-electron chi connectivity index (χ0n) is 22.6. The van der Waals surface area contributed by atoms with Crippen molar-refractivity contribution < 1.29 is 24.2 Å². The Morgan fingerprint density at radius 3 is 2.10 bits per heavy atom. The topological polar surface area (TPSA) is 108 Å². The number of likely N-dealkylation sites (N-methyl/N-ethyl adjacent to an activating group) is 1. The number of nitrogens with one attached hydrogen (secondary N) is 2. The second-order valence-corrected chi connectivity index (χ2v) is 10.8. The third-order valence-electron chi connectivity index (χ3n) is 7.97. The van der Waals surface area contributed by atoms with Gasteiger partial charge in [-0.25, -0.2) is 9.59 Å². The summed E-state index contributed by atoms with van der Waals surface area (Å²) in [5.41, 5.74) is 4.19. The molecule has 3 aromatic rings. The van der Waals surface area contributed by atoms with E-state index in [1.54, 1.807) is 0 Å². The summed E-state index contributed by atoms with van der Waals surface area (Å²) in [6, 6.07) is 25.0. The summed E-state index contributed by atoms with van der Waals surface area (Å²) >= 11 is 0. The minimum atomic E-state index is -1.31. The first-order chi connectivity index (χ1) is 19.4. The maximum absolute atomic E-state index is 13.4. The Balaban J connectivity index is 1.28. The zero-order chi connectivity index (χ0) is 28.1. The Labute approximate surface area is 234 Å². The molecule has 1 unspecified atom stereocenters. The molecule has 2 amide bonds. The van der Waals surface area contributed by atoms with Gasteiger partial charge in [0.15, 0.2) is 0 Å². The van der Waals surface area contributed by atoms with Crippen molar-refractivity contribution in [2.45, 2.75) is 49.7 Å². The lowest BCUT2D eigenvalue weighted by Crippen LogP contribution is -2.60. The van der Waals surface area contributed by atoms with Gasteiger partial charge in [-0.15, -0.1) is 0 Å². The Hall–Kier alpha value is -4.17. The first-order valence-corrected chi connectivity index (χ1v) is 13.8. The Morgan fingerprint density at radius 1 is 0.925 bits per heavy atom. The molecule has 0 aliphatic heterocycles. The van der Waals surface area contributed by atoms with Crippen LogP contribution in [0, 0.1) is 0 Å². The summed E-state index contributed by atoms with van der Waals surface area (Å²) in [4.78, 5) is 40.5. The molecule has 0 saturated heterocycles. The summed E-state index contributed by atoms with van der Waals surface area (Å²) in [6.45, 7) is 0.856. The van der Waals surface area contributed by atoms with E-state index in [1.807, 2.05) is 78.7 Å². The molecule has 0 radical (unpaired) electrons. The van der Waals surface area contributed by atoms with Crippen molar-refractivity contribution in [1.82, 2.24) is 15.5 Å². The van der Waals surface area contributed by atoms with Crippen molar-refractivity contribution in [3.63, 3.8) is 0 Å². The van der Waals surface area contributed by atoms with E-state index < -0.39 is 29.6 Å². The van der Waals surface area contributed by atoms with Gasteiger partial charge < -0.3 is 20.5 Å². The van der Waals surface area contributed by atoms with E-state index in [-0.39, 0.29) is 19.1 Å². The minimum Gasteiger partial charge on any atom is -0.480 e. The van der Waals surface area contributed by atoms with Crippen molar-refractivity contribution in [2.24, 2.45) is 0 Å². The van der Waals surface area contributed by atoms with Crippen LogP contribution in [0.15, 0.2) is 78.9 Å². The molecule has 2 aliphatic carbocycles. The van der Waals surface area contributed by atoms with Gasteiger partial charge >= 0.3 is 12.1 Å². The average molecular weight is 542 g/mol. The van der Waals surface area contributed by atoms with Crippen molar-refractivity contribution in [1.29, 1.82) is 0 Å². The number of fused-ring (bicyclic) bond motifs is 3. The summed E-state index contributed by atoms with van der Waals surface area (Å²) in [7, 11) is 1.86. The maximum atomic E-state index is 13.4. The number of carbonyl (C=O) groups excluding carboxylic acids is 2. The number of carbonyl (C=O) groups is 3. The molecule has 0 spiro atoms. The monoisotopic (exact) mass is 541 g/mol. The normalized spacial score (nSPS) is 16.1. The molecule has 1 fully saturated rings. The van der Waals surface area contributed by atoms with Crippen LogP contribution in [-0.4, -0.2) is 59.8 Å². The maximum Gasteiger partial charge on any atom is 0.407 e. The number of carboxylic acid groups (broad SMARTS) is 1. The third-order valence-corrected chi connectivity index (χ3v) is 7.97. The molecule has 0 bridgehead atoms. The highest BCUT2D eigenvalue weighted by atomic mass is 16.5. The van der Waals surface area contributed by atoms with Gasteiger partial charge in [-0.2, -0.15) is 0 Å². The van der Waals surface area contributed by atoms with Crippen molar-refractivity contribution >= 4 is 18.0 Å². The summed E-state index contributed by atoms with van der Waals surface area (Å²) in [5, 5.41) is 15.4. The van der Waals surface area contributed by atoms with Crippen LogP contribution in [0.25, 0.3) is 11.1 Å². The van der Waals surface area contributed by atoms with Gasteiger partial charge in [0, 0.05) is 19.0 Å². The zero-order valence-corrected chi connectivity index (χ0v) is 22.6. The van der Waals surface area contributed by atoms with Crippen molar-refractivity contribution in [3.05, 3.63) is 95.6 Å². The lowest BCUT2D eigenvalue weighted by atomic mass is 9.97. The number of ether oxygens (including phenoxy) is 1. The fourth-order valence-corrected chi connectivity index (χ4v) is 5.94. The highest BCUT2D eigenvalue weighted by Crippen LogP contribution is 2.44. The van der Waals surface area contributed by atoms with Crippen LogP contribution in [0.2, 0.25) is 0 Å². The highest BCUT2D eigenvalue weighted by Gasteiger charge is 2.44. The number of nitrogens with zero attached hydrogens (tertiary/aromatic N) is 1. The molecule has 5 rings (SSSR count). The molecule has 8 heteroatoms. The van der Waals surface area contributed by atoms with Crippen LogP contribution in [0.1, 0.15) is 48.3 Å². The summed E-state index contributed by atoms with van der Waals surface area (Å²) in [6.07, 6.45) is 1.47. The average Bonchev–Trinajstić information content (AvgIpc) is 3.56. The van der Waals surface area contributed by atoms with E-state index in [0.717, 1.165) is 40.7 Å². The van der Waals surface area contributed by atoms with E-state index in [2.05, 4.69) is 22.8 Å². The second kappa shape index (κ2) is 11.9. The van der Waals surface area contributed by atoms with E-state index in [1.165, 1.54) is 0 Å². The Kier molecular flexibility index (Phi) is 8.16. The SMILES string of the molecule is CN(Cc1ccccc1)CC(NC(=O)OCC1c2ccccc2-c2ccccc21)C(=O)NC1(C(=O)O)CCCC1. The predicted octanol–water partition coefficient (Wildman–Crippen LogP) is 4.54. The van der Waals surface area contributed by atoms with Crippen LogP contribution in [0.3, 0.4) is 0 Å². The van der Waals surface area contributed by atoms with Crippen LogP contribution in [-0.2, 0) is 20.9 Å².